The van der Waals surface area contributed by atoms with Crippen molar-refractivity contribution in [3.63, 3.8) is 0 Å². The molecular weight excluding hydrogens is 504 g/mol. The first-order valence-corrected chi connectivity index (χ1v) is 11.6. The average molecular weight is 528 g/mol. The lowest BCUT2D eigenvalue weighted by Gasteiger charge is -2.37. The molecule has 3 saturated heterocycles. The summed E-state index contributed by atoms with van der Waals surface area (Å²) in [5, 5.41) is 19.8. The van der Waals surface area contributed by atoms with Gasteiger partial charge < -0.3 is 24.7 Å². The molecule has 0 aliphatic carbocycles. The molecule has 8 nitrogen and oxygen atoms in total. The van der Waals surface area contributed by atoms with Crippen LogP contribution in [-0.2, 0) is 19.1 Å². The summed E-state index contributed by atoms with van der Waals surface area (Å²) < 4.78 is 6.20. The van der Waals surface area contributed by atoms with Crippen LogP contribution in [0.25, 0.3) is 0 Å². The van der Waals surface area contributed by atoms with Gasteiger partial charge in [-0.15, -0.1) is 6.58 Å². The van der Waals surface area contributed by atoms with Gasteiger partial charge in [0.25, 0.3) is 5.91 Å². The normalized spacial score (nSPS) is 32.8. The summed E-state index contributed by atoms with van der Waals surface area (Å²) in [6.45, 7) is 5.23. The second kappa shape index (κ2) is 8.44. The molecule has 1 aromatic carbocycles. The van der Waals surface area contributed by atoms with E-state index >= 15 is 0 Å². The number of amides is 2. The smallest absolute Gasteiger partial charge is 0.310 e. The molecule has 1 aromatic rings. The van der Waals surface area contributed by atoms with Crippen LogP contribution >= 0.6 is 27.5 Å². The molecule has 1 spiro atoms. The lowest BCUT2D eigenvalue weighted by molar-refractivity contribution is -0.149. The summed E-state index contributed by atoms with van der Waals surface area (Å²) in [6.07, 6.45) is 1.14. The number of fused-ring (bicyclic) bond motifs is 1. The van der Waals surface area contributed by atoms with Gasteiger partial charge in [0.05, 0.1) is 35.3 Å². The molecule has 10 heteroatoms. The number of aliphatic hydroxyl groups excluding tert-OH is 1. The van der Waals surface area contributed by atoms with E-state index in [4.69, 9.17) is 16.3 Å². The highest BCUT2D eigenvalue weighted by molar-refractivity contribution is 9.09. The lowest BCUT2D eigenvalue weighted by Crippen LogP contribution is -2.57. The van der Waals surface area contributed by atoms with Crippen molar-refractivity contribution in [1.29, 1.82) is 0 Å². The van der Waals surface area contributed by atoms with E-state index in [0.717, 1.165) is 5.56 Å². The molecule has 3 aliphatic heterocycles. The van der Waals surface area contributed by atoms with E-state index in [2.05, 4.69) is 22.5 Å². The van der Waals surface area contributed by atoms with E-state index in [9.17, 15) is 24.6 Å². The molecule has 172 valence electrons. The number of benzene rings is 1. The third-order valence-electron chi connectivity index (χ3n) is 6.69. The van der Waals surface area contributed by atoms with Crippen LogP contribution in [-0.4, -0.2) is 75.2 Å². The third-order valence-corrected chi connectivity index (χ3v) is 7.84. The summed E-state index contributed by atoms with van der Waals surface area (Å²) >= 11 is 9.94. The number of rotatable bonds is 7. The summed E-state index contributed by atoms with van der Waals surface area (Å²) in [6, 6.07) is 4.17. The Bertz CT molecular complexity index is 969. The SMILES string of the molecule is C=CCN(C(=O)[C@@H]1N(CCO)C(=O)[C@H]2[C@H](C(=O)O)[C@H]3O[C@@]12CC3Br)c1c(C)cccc1Cl. The Hall–Kier alpha value is -1.94. The Balaban J connectivity index is 1.84. The highest BCUT2D eigenvalue weighted by atomic mass is 79.9. The topological polar surface area (TPSA) is 107 Å². The second-order valence-electron chi connectivity index (χ2n) is 8.40. The number of halogens is 2. The van der Waals surface area contributed by atoms with Crippen molar-refractivity contribution in [2.24, 2.45) is 11.8 Å². The number of carbonyl (C=O) groups is 3. The number of hydrogen-bond donors (Lipinski definition) is 2. The minimum absolute atomic E-state index is 0.107. The van der Waals surface area contributed by atoms with Crippen molar-refractivity contribution >= 4 is 51.0 Å². The van der Waals surface area contributed by atoms with E-state index in [1.807, 2.05) is 13.0 Å². The van der Waals surface area contributed by atoms with Crippen molar-refractivity contribution in [3.8, 4) is 0 Å². The number of alkyl halides is 1. The average Bonchev–Trinajstić information content (AvgIpc) is 3.31. The van der Waals surface area contributed by atoms with Crippen LogP contribution in [0.1, 0.15) is 12.0 Å². The molecule has 32 heavy (non-hydrogen) atoms. The van der Waals surface area contributed by atoms with Crippen LogP contribution in [0.3, 0.4) is 0 Å². The number of hydrogen-bond acceptors (Lipinski definition) is 5. The van der Waals surface area contributed by atoms with E-state index in [0.29, 0.717) is 17.1 Å². The van der Waals surface area contributed by atoms with Crippen molar-refractivity contribution in [2.45, 2.75) is 35.9 Å². The Morgan fingerprint density at radius 1 is 1.47 bits per heavy atom. The van der Waals surface area contributed by atoms with Crippen molar-refractivity contribution < 1.29 is 29.3 Å². The summed E-state index contributed by atoms with van der Waals surface area (Å²) in [4.78, 5) is 41.9. The maximum Gasteiger partial charge on any atom is 0.310 e. The number of aliphatic hydroxyl groups is 1. The van der Waals surface area contributed by atoms with Crippen molar-refractivity contribution in [3.05, 3.63) is 41.4 Å². The van der Waals surface area contributed by atoms with Gasteiger partial charge in [0, 0.05) is 17.9 Å². The number of para-hydroxylation sites is 1. The number of carboxylic acids is 1. The number of anilines is 1. The van der Waals surface area contributed by atoms with Gasteiger partial charge >= 0.3 is 5.97 Å². The molecule has 0 radical (unpaired) electrons. The Morgan fingerprint density at radius 3 is 2.78 bits per heavy atom. The minimum atomic E-state index is -1.31. The molecular formula is C22H24BrClN2O6. The van der Waals surface area contributed by atoms with Crippen LogP contribution in [0, 0.1) is 18.8 Å². The van der Waals surface area contributed by atoms with Crippen LogP contribution in [0.4, 0.5) is 5.69 Å². The Morgan fingerprint density at radius 2 is 2.19 bits per heavy atom. The standard InChI is InChI=1S/C22H24BrClN2O6/c1-3-7-25(16-11(2)5-4-6-13(16)24)20(29)18-22-10-12(23)17(32-22)14(21(30)31)15(22)19(28)26(18)8-9-27/h3-6,12,14-15,17-18,27H,1,7-10H2,2H3,(H,30,31)/t12?,14-,15+,17-,18-,22+/m0/s1. The number of aliphatic carboxylic acids is 1. The largest absolute Gasteiger partial charge is 0.481 e. The number of likely N-dealkylation sites (tertiary alicyclic amines) is 1. The van der Waals surface area contributed by atoms with E-state index < -0.39 is 47.4 Å². The molecule has 2 amide bonds. The summed E-state index contributed by atoms with van der Waals surface area (Å²) in [5.41, 5.74) is -0.0500. The number of ether oxygens (including phenoxy) is 1. The van der Waals surface area contributed by atoms with Gasteiger partial charge in [-0.25, -0.2) is 0 Å². The summed E-state index contributed by atoms with van der Waals surface area (Å²) in [7, 11) is 0. The Kier molecular flexibility index (Phi) is 6.13. The molecule has 1 unspecified atom stereocenters. The summed E-state index contributed by atoms with van der Waals surface area (Å²) in [5.74, 6) is -4.15. The van der Waals surface area contributed by atoms with Gasteiger partial charge in [-0.3, -0.25) is 14.4 Å². The van der Waals surface area contributed by atoms with Gasteiger partial charge in [0.1, 0.15) is 11.6 Å². The van der Waals surface area contributed by atoms with Crippen LogP contribution in [0.2, 0.25) is 5.02 Å². The predicted molar refractivity (Wildman–Crippen MR) is 121 cm³/mol. The van der Waals surface area contributed by atoms with Crippen LogP contribution in [0.5, 0.6) is 0 Å². The first kappa shape index (κ1) is 23.2. The predicted octanol–water partition coefficient (Wildman–Crippen LogP) is 1.99. The van der Waals surface area contributed by atoms with Gasteiger partial charge in [0.15, 0.2) is 0 Å². The first-order chi connectivity index (χ1) is 15.2. The molecule has 2 bridgehead atoms. The van der Waals surface area contributed by atoms with E-state index in [1.165, 1.54) is 9.80 Å². The molecule has 0 saturated carbocycles. The first-order valence-electron chi connectivity index (χ1n) is 10.3. The number of carboxylic acid groups (broad SMARTS) is 1. The minimum Gasteiger partial charge on any atom is -0.481 e. The Labute approximate surface area is 198 Å². The fourth-order valence-corrected chi connectivity index (χ4v) is 6.84. The highest BCUT2D eigenvalue weighted by Gasteiger charge is 2.76. The molecule has 3 aliphatic rings. The third kappa shape index (κ3) is 3.21. The second-order valence-corrected chi connectivity index (χ2v) is 9.98. The van der Waals surface area contributed by atoms with Gasteiger partial charge in [-0.2, -0.15) is 0 Å². The van der Waals surface area contributed by atoms with Gasteiger partial charge in [0.2, 0.25) is 5.91 Å². The number of carbonyl (C=O) groups excluding carboxylic acids is 2. The fourth-order valence-electron chi connectivity index (χ4n) is 5.57. The highest BCUT2D eigenvalue weighted by Crippen LogP contribution is 2.60. The number of aryl methyl sites for hydroxylation is 1. The zero-order chi connectivity index (χ0) is 23.4. The monoisotopic (exact) mass is 526 g/mol. The molecule has 4 rings (SSSR count). The number of nitrogens with zero attached hydrogens (tertiary/aromatic N) is 2. The van der Waals surface area contributed by atoms with Crippen LogP contribution < -0.4 is 4.90 Å². The maximum atomic E-state index is 14.1. The lowest BCUT2D eigenvalue weighted by atomic mass is 9.70. The van der Waals surface area contributed by atoms with Gasteiger partial charge in [-0.1, -0.05) is 45.7 Å². The molecule has 2 N–H and O–H groups in total. The molecule has 6 atom stereocenters. The fraction of sp³-hybridized carbons (Fsp3) is 0.500. The molecule has 3 heterocycles. The zero-order valence-corrected chi connectivity index (χ0v) is 19.8. The molecule has 0 aromatic heterocycles. The van der Waals surface area contributed by atoms with E-state index in [-0.39, 0.29) is 24.5 Å². The number of β-amino-alcohol motifs (C(OH)–C–C–N with tert-alkyl or cyclic N) is 1. The van der Waals surface area contributed by atoms with E-state index in [1.54, 1.807) is 18.2 Å². The quantitative estimate of drug-likeness (QED) is 0.415. The van der Waals surface area contributed by atoms with Crippen LogP contribution in [0.15, 0.2) is 30.9 Å². The molecule has 3 fully saturated rings. The zero-order valence-electron chi connectivity index (χ0n) is 17.4. The van der Waals surface area contributed by atoms with Crippen molar-refractivity contribution in [2.75, 3.05) is 24.6 Å². The van der Waals surface area contributed by atoms with Gasteiger partial charge in [-0.05, 0) is 25.0 Å². The maximum absolute atomic E-state index is 14.1. The van der Waals surface area contributed by atoms with Crippen molar-refractivity contribution in [1.82, 2.24) is 4.90 Å².